The fourth-order valence-electron chi connectivity index (χ4n) is 3.15. The molecule has 0 fully saturated rings. The van der Waals surface area contributed by atoms with Gasteiger partial charge in [0, 0.05) is 0 Å². The average molecular weight is 385 g/mol. The Morgan fingerprint density at radius 2 is 1.19 bits per heavy atom. The molecule has 0 aliphatic heterocycles. The second kappa shape index (κ2) is 18.3. The van der Waals surface area contributed by atoms with Crippen molar-refractivity contribution in [3.05, 3.63) is 0 Å². The number of esters is 2. The predicted molar refractivity (Wildman–Crippen MR) is 112 cm³/mol. The van der Waals surface area contributed by atoms with E-state index in [4.69, 9.17) is 9.47 Å². The summed E-state index contributed by atoms with van der Waals surface area (Å²) in [7, 11) is 0. The third-order valence-electron chi connectivity index (χ3n) is 4.97. The standard InChI is InChI=1S/C23H44O4/c1-5-7-8-9-10-11-12-13-14-15-16-19-26-22(24)17-18-23(25)27-21(6-2)20(3)4/h20-21H,5-19H2,1-4H3. The number of ether oxygens (including phenoxy) is 2. The van der Waals surface area contributed by atoms with E-state index in [1.165, 1.54) is 57.8 Å². The van der Waals surface area contributed by atoms with Crippen LogP contribution >= 0.6 is 0 Å². The molecule has 0 aromatic carbocycles. The van der Waals surface area contributed by atoms with Crippen LogP contribution in [0.3, 0.4) is 0 Å². The van der Waals surface area contributed by atoms with Gasteiger partial charge < -0.3 is 9.47 Å². The number of carbonyl (C=O) groups excluding carboxylic acids is 2. The van der Waals surface area contributed by atoms with Crippen LogP contribution in [-0.2, 0) is 19.1 Å². The lowest BCUT2D eigenvalue weighted by Gasteiger charge is -2.19. The number of unbranched alkanes of at least 4 members (excludes halogenated alkanes) is 10. The lowest BCUT2D eigenvalue weighted by atomic mass is 10.1. The highest BCUT2D eigenvalue weighted by molar-refractivity contribution is 5.77. The van der Waals surface area contributed by atoms with Crippen LogP contribution in [0.4, 0.5) is 0 Å². The van der Waals surface area contributed by atoms with Gasteiger partial charge in [0.2, 0.25) is 0 Å². The topological polar surface area (TPSA) is 52.6 Å². The lowest BCUT2D eigenvalue weighted by Crippen LogP contribution is -2.23. The van der Waals surface area contributed by atoms with Gasteiger partial charge in [0.25, 0.3) is 0 Å². The second-order valence-electron chi connectivity index (χ2n) is 7.94. The SMILES string of the molecule is CCCCCCCCCCCCCOC(=O)CCC(=O)OC(CC)C(C)C. The van der Waals surface area contributed by atoms with Gasteiger partial charge in [-0.25, -0.2) is 0 Å². The molecule has 4 nitrogen and oxygen atoms in total. The summed E-state index contributed by atoms with van der Waals surface area (Å²) < 4.78 is 10.6. The van der Waals surface area contributed by atoms with Crippen molar-refractivity contribution in [3.8, 4) is 0 Å². The Morgan fingerprint density at radius 3 is 1.67 bits per heavy atom. The maximum atomic E-state index is 11.8. The molecular weight excluding hydrogens is 340 g/mol. The molecule has 0 aliphatic carbocycles. The molecule has 0 spiro atoms. The summed E-state index contributed by atoms with van der Waals surface area (Å²) in [6.07, 6.45) is 15.0. The van der Waals surface area contributed by atoms with Gasteiger partial charge in [0.1, 0.15) is 6.10 Å². The van der Waals surface area contributed by atoms with Crippen LogP contribution in [0.15, 0.2) is 0 Å². The molecule has 0 bridgehead atoms. The minimum absolute atomic E-state index is 0.0649. The van der Waals surface area contributed by atoms with Crippen LogP contribution in [0.25, 0.3) is 0 Å². The Labute approximate surface area is 167 Å². The zero-order valence-electron chi connectivity index (χ0n) is 18.4. The predicted octanol–water partition coefficient (Wildman–Crippen LogP) is 6.60. The van der Waals surface area contributed by atoms with Crippen molar-refractivity contribution in [2.24, 2.45) is 5.92 Å². The fourth-order valence-corrected chi connectivity index (χ4v) is 3.15. The molecule has 1 unspecified atom stereocenters. The van der Waals surface area contributed by atoms with Crippen molar-refractivity contribution < 1.29 is 19.1 Å². The summed E-state index contributed by atoms with van der Waals surface area (Å²) in [5.74, 6) is -0.300. The first kappa shape index (κ1) is 25.9. The summed E-state index contributed by atoms with van der Waals surface area (Å²) >= 11 is 0. The number of hydrogen-bond acceptors (Lipinski definition) is 4. The molecule has 160 valence electrons. The highest BCUT2D eigenvalue weighted by Crippen LogP contribution is 2.13. The van der Waals surface area contributed by atoms with Gasteiger partial charge in [-0.05, 0) is 18.8 Å². The summed E-state index contributed by atoms with van der Waals surface area (Å²) in [6, 6.07) is 0. The van der Waals surface area contributed by atoms with Gasteiger partial charge in [0.05, 0.1) is 19.4 Å². The smallest absolute Gasteiger partial charge is 0.306 e. The Kier molecular flexibility index (Phi) is 17.6. The van der Waals surface area contributed by atoms with Gasteiger partial charge in [-0.15, -0.1) is 0 Å². The molecule has 0 heterocycles. The third kappa shape index (κ3) is 16.8. The van der Waals surface area contributed by atoms with Crippen molar-refractivity contribution >= 4 is 11.9 Å². The normalized spacial score (nSPS) is 12.2. The first-order valence-corrected chi connectivity index (χ1v) is 11.4. The molecule has 0 amide bonds. The van der Waals surface area contributed by atoms with E-state index >= 15 is 0 Å². The maximum Gasteiger partial charge on any atom is 0.306 e. The second-order valence-corrected chi connectivity index (χ2v) is 7.94. The van der Waals surface area contributed by atoms with Crippen molar-refractivity contribution in [2.45, 2.75) is 124 Å². The molecule has 0 aromatic rings. The van der Waals surface area contributed by atoms with Gasteiger partial charge in [-0.2, -0.15) is 0 Å². The highest BCUT2D eigenvalue weighted by atomic mass is 16.5. The van der Waals surface area contributed by atoms with Crippen LogP contribution < -0.4 is 0 Å². The van der Waals surface area contributed by atoms with Crippen LogP contribution in [0, 0.1) is 5.92 Å². The zero-order valence-corrected chi connectivity index (χ0v) is 18.4. The van der Waals surface area contributed by atoms with Crippen molar-refractivity contribution in [1.82, 2.24) is 0 Å². The van der Waals surface area contributed by atoms with E-state index in [0.717, 1.165) is 19.3 Å². The van der Waals surface area contributed by atoms with Gasteiger partial charge in [-0.3, -0.25) is 9.59 Å². The molecular formula is C23H44O4. The molecule has 0 saturated heterocycles. The molecule has 27 heavy (non-hydrogen) atoms. The van der Waals surface area contributed by atoms with E-state index in [-0.39, 0.29) is 30.9 Å². The Hall–Kier alpha value is -1.06. The van der Waals surface area contributed by atoms with Crippen molar-refractivity contribution in [1.29, 1.82) is 0 Å². The number of hydrogen-bond donors (Lipinski definition) is 0. The van der Waals surface area contributed by atoms with Crippen LogP contribution in [0.1, 0.15) is 118 Å². The monoisotopic (exact) mass is 384 g/mol. The van der Waals surface area contributed by atoms with Crippen LogP contribution in [-0.4, -0.2) is 24.6 Å². The van der Waals surface area contributed by atoms with Gasteiger partial charge >= 0.3 is 11.9 Å². The van der Waals surface area contributed by atoms with E-state index < -0.39 is 0 Å². The molecule has 0 saturated carbocycles. The quantitative estimate of drug-likeness (QED) is 0.197. The largest absolute Gasteiger partial charge is 0.466 e. The maximum absolute atomic E-state index is 11.8. The van der Waals surface area contributed by atoms with E-state index in [0.29, 0.717) is 12.5 Å². The summed E-state index contributed by atoms with van der Waals surface area (Å²) in [5.41, 5.74) is 0. The van der Waals surface area contributed by atoms with E-state index in [1.807, 2.05) is 20.8 Å². The fraction of sp³-hybridized carbons (Fsp3) is 0.913. The van der Waals surface area contributed by atoms with Crippen molar-refractivity contribution in [3.63, 3.8) is 0 Å². The molecule has 0 radical (unpaired) electrons. The van der Waals surface area contributed by atoms with E-state index in [9.17, 15) is 9.59 Å². The average Bonchev–Trinajstić information content (AvgIpc) is 2.65. The summed E-state index contributed by atoms with van der Waals surface area (Å²) in [5, 5.41) is 0. The molecule has 0 rings (SSSR count). The number of rotatable bonds is 18. The zero-order chi connectivity index (χ0) is 20.3. The molecule has 4 heteroatoms. The Bertz CT molecular complexity index is 365. The molecule has 0 N–H and O–H groups in total. The molecule has 0 aliphatic rings. The lowest BCUT2D eigenvalue weighted by molar-refractivity contribution is -0.155. The third-order valence-corrected chi connectivity index (χ3v) is 4.97. The van der Waals surface area contributed by atoms with Gasteiger partial charge in [0.15, 0.2) is 0 Å². The summed E-state index contributed by atoms with van der Waals surface area (Å²) in [6.45, 7) is 8.78. The Balaban J connectivity index is 3.45. The minimum atomic E-state index is -0.304. The molecule has 1 atom stereocenters. The highest BCUT2D eigenvalue weighted by Gasteiger charge is 2.17. The van der Waals surface area contributed by atoms with Crippen LogP contribution in [0.2, 0.25) is 0 Å². The summed E-state index contributed by atoms with van der Waals surface area (Å²) in [4.78, 5) is 23.5. The van der Waals surface area contributed by atoms with Crippen LogP contribution in [0.5, 0.6) is 0 Å². The van der Waals surface area contributed by atoms with Gasteiger partial charge in [-0.1, -0.05) is 91.9 Å². The Morgan fingerprint density at radius 1 is 0.704 bits per heavy atom. The first-order valence-electron chi connectivity index (χ1n) is 11.4. The molecule has 0 aromatic heterocycles. The van der Waals surface area contributed by atoms with Crippen molar-refractivity contribution in [2.75, 3.05) is 6.61 Å². The number of carbonyl (C=O) groups is 2. The first-order chi connectivity index (χ1) is 13.0. The minimum Gasteiger partial charge on any atom is -0.466 e. The van der Waals surface area contributed by atoms with E-state index in [1.54, 1.807) is 0 Å². The van der Waals surface area contributed by atoms with E-state index in [2.05, 4.69) is 6.92 Å².